The van der Waals surface area contributed by atoms with Crippen LogP contribution in [-0.2, 0) is 0 Å². The van der Waals surface area contributed by atoms with Crippen molar-refractivity contribution in [3.63, 3.8) is 0 Å². The van der Waals surface area contributed by atoms with E-state index >= 15 is 0 Å². The van der Waals surface area contributed by atoms with Gasteiger partial charge in [-0.2, -0.15) is 0 Å². The lowest BCUT2D eigenvalue weighted by atomic mass is 10.0. The molecule has 0 atom stereocenters. The molecule has 3 aromatic rings. The number of hydrogen-bond acceptors (Lipinski definition) is 3. The summed E-state index contributed by atoms with van der Waals surface area (Å²) in [5.74, 6) is -0.273. The highest BCUT2D eigenvalue weighted by atomic mass is 32.2. The summed E-state index contributed by atoms with van der Waals surface area (Å²) >= 11 is 1.45. The molecule has 0 heterocycles. The van der Waals surface area contributed by atoms with Gasteiger partial charge in [0, 0.05) is 15.4 Å². The van der Waals surface area contributed by atoms with E-state index < -0.39 is 6.36 Å². The van der Waals surface area contributed by atoms with Crippen LogP contribution in [0.2, 0.25) is 0 Å². The maximum absolute atomic E-state index is 12.3. The van der Waals surface area contributed by atoms with Crippen LogP contribution >= 0.6 is 11.8 Å². The highest BCUT2D eigenvalue weighted by Gasteiger charge is 2.30. The Labute approximate surface area is 152 Å². The molecule has 0 fully saturated rings. The van der Waals surface area contributed by atoms with Crippen molar-refractivity contribution in [1.82, 2.24) is 0 Å². The second-order valence-corrected chi connectivity index (χ2v) is 6.47. The molecule has 0 N–H and O–H groups in total. The molecule has 3 aromatic carbocycles. The molecule has 0 aromatic heterocycles. The first kappa shape index (κ1) is 18.1. The van der Waals surface area contributed by atoms with E-state index in [1.807, 2.05) is 36.4 Å². The molecule has 0 amide bonds. The molecule has 3 rings (SSSR count). The summed E-state index contributed by atoms with van der Waals surface area (Å²) in [7, 11) is 0. The topological polar surface area (TPSA) is 26.3 Å². The van der Waals surface area contributed by atoms with Gasteiger partial charge in [-0.25, -0.2) is 0 Å². The van der Waals surface area contributed by atoms with E-state index in [4.69, 9.17) is 0 Å². The van der Waals surface area contributed by atoms with Crippen molar-refractivity contribution < 1.29 is 22.7 Å². The zero-order valence-electron chi connectivity index (χ0n) is 13.4. The Kier molecular flexibility index (Phi) is 5.32. The lowest BCUT2D eigenvalue weighted by Crippen LogP contribution is -2.16. The number of benzene rings is 3. The fraction of sp³-hybridized carbons (Fsp3) is 0.0500. The zero-order valence-corrected chi connectivity index (χ0v) is 14.2. The summed E-state index contributed by atoms with van der Waals surface area (Å²) < 4.78 is 40.6. The van der Waals surface area contributed by atoms with Gasteiger partial charge in [-0.15, -0.1) is 13.2 Å². The van der Waals surface area contributed by atoms with E-state index in [1.165, 1.54) is 23.9 Å². The molecule has 132 valence electrons. The maximum atomic E-state index is 12.3. The number of ether oxygens (including phenoxy) is 1. The largest absolute Gasteiger partial charge is 0.573 e. The van der Waals surface area contributed by atoms with Crippen molar-refractivity contribution in [2.75, 3.05) is 0 Å². The highest BCUT2D eigenvalue weighted by molar-refractivity contribution is 7.99. The molecule has 0 spiro atoms. The van der Waals surface area contributed by atoms with Crippen molar-refractivity contribution in [3.05, 3.63) is 78.4 Å². The van der Waals surface area contributed by atoms with E-state index in [-0.39, 0.29) is 5.75 Å². The Balaban J connectivity index is 1.88. The van der Waals surface area contributed by atoms with Gasteiger partial charge >= 0.3 is 6.36 Å². The SMILES string of the molecule is O=Cc1ccc(-c2ccc(OC(F)(F)F)cc2)cc1Sc1ccccc1. The zero-order chi connectivity index (χ0) is 18.6. The number of halogens is 3. The number of rotatable bonds is 5. The summed E-state index contributed by atoms with van der Waals surface area (Å²) in [5, 5.41) is 0. The third kappa shape index (κ3) is 4.67. The molecule has 0 saturated heterocycles. The van der Waals surface area contributed by atoms with Gasteiger partial charge in [0.25, 0.3) is 0 Å². The smallest absolute Gasteiger partial charge is 0.406 e. The monoisotopic (exact) mass is 374 g/mol. The van der Waals surface area contributed by atoms with Crippen molar-refractivity contribution in [1.29, 1.82) is 0 Å². The van der Waals surface area contributed by atoms with Gasteiger partial charge in [0.1, 0.15) is 5.75 Å². The minimum atomic E-state index is -4.72. The summed E-state index contributed by atoms with van der Waals surface area (Å²) in [4.78, 5) is 13.1. The molecule has 0 saturated carbocycles. The molecule has 0 bridgehead atoms. The van der Waals surface area contributed by atoms with Gasteiger partial charge < -0.3 is 4.74 Å². The van der Waals surface area contributed by atoms with Crippen molar-refractivity contribution in [2.24, 2.45) is 0 Å². The van der Waals surface area contributed by atoms with Crippen LogP contribution < -0.4 is 4.74 Å². The summed E-state index contributed by atoms with van der Waals surface area (Å²) in [6.07, 6.45) is -3.93. The Morgan fingerprint density at radius 3 is 2.12 bits per heavy atom. The third-order valence-corrected chi connectivity index (χ3v) is 4.61. The van der Waals surface area contributed by atoms with Crippen LogP contribution in [0.15, 0.2) is 82.6 Å². The van der Waals surface area contributed by atoms with Crippen molar-refractivity contribution >= 4 is 18.0 Å². The summed E-state index contributed by atoms with van der Waals surface area (Å²) in [6, 6.07) is 20.5. The van der Waals surface area contributed by atoms with E-state index in [0.717, 1.165) is 27.2 Å². The van der Waals surface area contributed by atoms with Crippen LogP contribution in [0, 0.1) is 0 Å². The van der Waals surface area contributed by atoms with Crippen LogP contribution in [0.1, 0.15) is 10.4 Å². The van der Waals surface area contributed by atoms with Crippen LogP contribution in [0.4, 0.5) is 13.2 Å². The first-order valence-electron chi connectivity index (χ1n) is 7.63. The van der Waals surface area contributed by atoms with Crippen molar-refractivity contribution in [3.8, 4) is 16.9 Å². The van der Waals surface area contributed by atoms with E-state index in [1.54, 1.807) is 24.3 Å². The lowest BCUT2D eigenvalue weighted by molar-refractivity contribution is -0.274. The van der Waals surface area contributed by atoms with Crippen LogP contribution in [0.25, 0.3) is 11.1 Å². The molecule has 0 radical (unpaired) electrons. The fourth-order valence-electron chi connectivity index (χ4n) is 2.36. The third-order valence-electron chi connectivity index (χ3n) is 3.53. The van der Waals surface area contributed by atoms with Crippen LogP contribution in [0.3, 0.4) is 0 Å². The van der Waals surface area contributed by atoms with Gasteiger partial charge in [-0.3, -0.25) is 4.79 Å². The second kappa shape index (κ2) is 7.66. The minimum absolute atomic E-state index is 0.273. The summed E-state index contributed by atoms with van der Waals surface area (Å²) in [6.45, 7) is 0. The standard InChI is InChI=1S/C20H13F3O2S/c21-20(22,23)25-17-10-8-14(9-11-17)15-6-7-16(13-24)19(12-15)26-18-4-2-1-3-5-18/h1-13H. The lowest BCUT2D eigenvalue weighted by Gasteiger charge is -2.11. The Hall–Kier alpha value is -2.73. The van der Waals surface area contributed by atoms with Gasteiger partial charge in [0.15, 0.2) is 6.29 Å². The molecular weight excluding hydrogens is 361 g/mol. The number of hydrogen-bond donors (Lipinski definition) is 0. The second-order valence-electron chi connectivity index (χ2n) is 5.36. The predicted molar refractivity (Wildman–Crippen MR) is 94.5 cm³/mol. The summed E-state index contributed by atoms with van der Waals surface area (Å²) in [5.41, 5.74) is 2.08. The number of carbonyl (C=O) groups excluding carboxylic acids is 1. The van der Waals surface area contributed by atoms with E-state index in [9.17, 15) is 18.0 Å². The molecular formula is C20H13F3O2S. The first-order chi connectivity index (χ1) is 12.4. The predicted octanol–water partition coefficient (Wildman–Crippen LogP) is 6.22. The van der Waals surface area contributed by atoms with Gasteiger partial charge in [-0.1, -0.05) is 48.2 Å². The molecule has 0 aliphatic heterocycles. The Bertz CT molecular complexity index is 891. The fourth-order valence-corrected chi connectivity index (χ4v) is 3.33. The highest BCUT2D eigenvalue weighted by Crippen LogP contribution is 2.34. The average Bonchev–Trinajstić information content (AvgIpc) is 2.62. The number of aldehydes is 1. The van der Waals surface area contributed by atoms with Crippen molar-refractivity contribution in [2.45, 2.75) is 16.2 Å². The Morgan fingerprint density at radius 1 is 0.846 bits per heavy atom. The van der Waals surface area contributed by atoms with E-state index in [0.29, 0.717) is 5.56 Å². The van der Waals surface area contributed by atoms with Crippen LogP contribution in [-0.4, -0.2) is 12.6 Å². The van der Waals surface area contributed by atoms with E-state index in [2.05, 4.69) is 4.74 Å². The molecule has 0 aliphatic rings. The molecule has 0 unspecified atom stereocenters. The quantitative estimate of drug-likeness (QED) is 0.496. The molecule has 26 heavy (non-hydrogen) atoms. The number of carbonyl (C=O) groups is 1. The van der Waals surface area contributed by atoms with Gasteiger partial charge in [0.05, 0.1) is 0 Å². The van der Waals surface area contributed by atoms with Crippen LogP contribution in [0.5, 0.6) is 5.75 Å². The van der Waals surface area contributed by atoms with Gasteiger partial charge in [-0.05, 0) is 47.5 Å². The molecule has 6 heteroatoms. The Morgan fingerprint density at radius 2 is 1.50 bits per heavy atom. The maximum Gasteiger partial charge on any atom is 0.573 e. The molecule has 2 nitrogen and oxygen atoms in total. The minimum Gasteiger partial charge on any atom is -0.406 e. The average molecular weight is 374 g/mol. The van der Waals surface area contributed by atoms with Gasteiger partial charge in [0.2, 0.25) is 0 Å². The molecule has 0 aliphatic carbocycles. The normalized spacial score (nSPS) is 11.2. The first-order valence-corrected chi connectivity index (χ1v) is 8.44. The number of alkyl halides is 3.